The number of guanidine groups is 1. The summed E-state index contributed by atoms with van der Waals surface area (Å²) >= 11 is 5.99. The number of hydrogen-bond acceptors (Lipinski definition) is 4. The summed E-state index contributed by atoms with van der Waals surface area (Å²) in [5, 5.41) is 12.2. The summed E-state index contributed by atoms with van der Waals surface area (Å²) in [6.45, 7) is 1.25. The highest BCUT2D eigenvalue weighted by atomic mass is 35.5. The monoisotopic (exact) mass is 268 g/mol. The van der Waals surface area contributed by atoms with Gasteiger partial charge in [-0.3, -0.25) is 10.2 Å². The van der Waals surface area contributed by atoms with Crippen molar-refractivity contribution in [1.82, 2.24) is 5.01 Å². The molecule has 0 saturated carbocycles. The van der Waals surface area contributed by atoms with Crippen molar-refractivity contribution in [3.63, 3.8) is 0 Å². The zero-order chi connectivity index (χ0) is 13.7. The molecule has 3 N–H and O–H groups in total. The number of methoxy groups -OCH3 is 1. The number of amides is 1. The quantitative estimate of drug-likeness (QED) is 0.493. The maximum Gasteiger partial charge on any atom is 0.246 e. The number of carbonyl (C=O) groups excluding carboxylic acids is 1. The lowest BCUT2D eigenvalue weighted by Gasteiger charge is -2.12. The molecule has 0 aliphatic carbocycles. The van der Waals surface area contributed by atoms with Crippen LogP contribution < -0.4 is 10.5 Å². The normalized spacial score (nSPS) is 10.4. The van der Waals surface area contributed by atoms with Gasteiger partial charge in [0.1, 0.15) is 5.75 Å². The van der Waals surface area contributed by atoms with E-state index in [4.69, 9.17) is 27.5 Å². The number of hydrazone groups is 1. The number of ether oxygens (including phenoxy) is 1. The molecule has 0 atom stereocenters. The molecule has 0 bridgehead atoms. The van der Waals surface area contributed by atoms with Gasteiger partial charge in [-0.2, -0.15) is 10.1 Å². The Kier molecular flexibility index (Phi) is 4.67. The van der Waals surface area contributed by atoms with Crippen LogP contribution in [0, 0.1) is 5.41 Å². The van der Waals surface area contributed by atoms with Crippen LogP contribution in [0.3, 0.4) is 0 Å². The fourth-order valence-electron chi connectivity index (χ4n) is 1.25. The van der Waals surface area contributed by atoms with Gasteiger partial charge in [-0.1, -0.05) is 17.7 Å². The highest BCUT2D eigenvalue weighted by Gasteiger charge is 2.11. The summed E-state index contributed by atoms with van der Waals surface area (Å²) in [5.74, 6) is -0.423. The third kappa shape index (κ3) is 3.21. The van der Waals surface area contributed by atoms with E-state index in [1.54, 1.807) is 18.2 Å². The molecule has 0 aliphatic rings. The lowest BCUT2D eigenvalue weighted by atomic mass is 10.2. The summed E-state index contributed by atoms with van der Waals surface area (Å²) < 4.78 is 5.12. The SMILES string of the molecule is COc1cccc(Cl)c1/C=N/N(C(=N)N)C(C)=O. The van der Waals surface area contributed by atoms with Crippen LogP contribution in [0.1, 0.15) is 12.5 Å². The number of halogens is 1. The van der Waals surface area contributed by atoms with Crippen molar-refractivity contribution in [1.29, 1.82) is 5.41 Å². The van der Waals surface area contributed by atoms with Crippen molar-refractivity contribution in [2.45, 2.75) is 6.92 Å². The second-order valence-electron chi connectivity index (χ2n) is 3.32. The predicted octanol–water partition coefficient (Wildman–Crippen LogP) is 1.42. The Morgan fingerprint density at radius 2 is 2.28 bits per heavy atom. The number of hydrogen-bond donors (Lipinski definition) is 2. The molecule has 0 saturated heterocycles. The Labute approximate surface area is 109 Å². The number of nitrogens with one attached hydrogen (secondary N) is 1. The van der Waals surface area contributed by atoms with Crippen LogP contribution in [-0.2, 0) is 4.79 Å². The highest BCUT2D eigenvalue weighted by molar-refractivity contribution is 6.33. The molecule has 1 aromatic carbocycles. The van der Waals surface area contributed by atoms with E-state index in [0.29, 0.717) is 16.3 Å². The Morgan fingerprint density at radius 3 is 2.78 bits per heavy atom. The minimum Gasteiger partial charge on any atom is -0.496 e. The van der Waals surface area contributed by atoms with E-state index < -0.39 is 11.9 Å². The minimum atomic E-state index is -0.468. The molecule has 0 spiro atoms. The maximum absolute atomic E-state index is 11.2. The molecule has 1 aromatic rings. The van der Waals surface area contributed by atoms with E-state index >= 15 is 0 Å². The summed E-state index contributed by atoms with van der Waals surface area (Å²) in [5.41, 5.74) is 5.73. The van der Waals surface area contributed by atoms with E-state index in [2.05, 4.69) is 5.10 Å². The first kappa shape index (κ1) is 14.0. The van der Waals surface area contributed by atoms with Gasteiger partial charge in [0.15, 0.2) is 0 Å². The fourth-order valence-corrected chi connectivity index (χ4v) is 1.46. The Hall–Kier alpha value is -2.08. The maximum atomic E-state index is 11.2. The Morgan fingerprint density at radius 1 is 1.61 bits per heavy atom. The average Bonchev–Trinajstić information content (AvgIpc) is 2.30. The van der Waals surface area contributed by atoms with Gasteiger partial charge in [-0.05, 0) is 12.1 Å². The molecule has 0 fully saturated rings. The molecule has 7 heteroatoms. The van der Waals surface area contributed by atoms with E-state index in [1.165, 1.54) is 20.2 Å². The van der Waals surface area contributed by atoms with E-state index in [0.717, 1.165) is 5.01 Å². The lowest BCUT2D eigenvalue weighted by molar-refractivity contribution is -0.125. The van der Waals surface area contributed by atoms with Crippen LogP contribution in [0.25, 0.3) is 0 Å². The van der Waals surface area contributed by atoms with Crippen LogP contribution in [0.4, 0.5) is 0 Å². The summed E-state index contributed by atoms with van der Waals surface area (Å²) in [4.78, 5) is 11.2. The standard InChI is InChI=1S/C11H13ClN4O2/c1-7(17)16(11(13)14)15-6-8-9(12)4-3-5-10(8)18-2/h3-6H,1-2H3,(H3,13,14)/b15-6+. The van der Waals surface area contributed by atoms with Crippen LogP contribution in [0.2, 0.25) is 5.02 Å². The first-order valence-electron chi connectivity index (χ1n) is 4.98. The van der Waals surface area contributed by atoms with Gasteiger partial charge >= 0.3 is 0 Å². The number of nitrogens with zero attached hydrogens (tertiary/aromatic N) is 2. The van der Waals surface area contributed by atoms with Crippen molar-refractivity contribution in [2.24, 2.45) is 10.8 Å². The van der Waals surface area contributed by atoms with E-state index in [-0.39, 0.29) is 0 Å². The second-order valence-corrected chi connectivity index (χ2v) is 3.72. The Balaban J connectivity index is 3.10. The molecule has 0 heterocycles. The van der Waals surface area contributed by atoms with Crippen molar-refractivity contribution in [2.75, 3.05) is 7.11 Å². The molecule has 0 aromatic heterocycles. The summed E-state index contributed by atoms with van der Waals surface area (Å²) in [6.07, 6.45) is 1.32. The molecule has 1 rings (SSSR count). The van der Waals surface area contributed by atoms with Gasteiger partial charge in [0.05, 0.1) is 23.9 Å². The van der Waals surface area contributed by atoms with Crippen LogP contribution >= 0.6 is 11.6 Å². The first-order valence-corrected chi connectivity index (χ1v) is 5.36. The van der Waals surface area contributed by atoms with Gasteiger partial charge in [0, 0.05) is 6.92 Å². The number of carbonyl (C=O) groups is 1. The zero-order valence-corrected chi connectivity index (χ0v) is 10.7. The van der Waals surface area contributed by atoms with Gasteiger partial charge < -0.3 is 10.5 Å². The number of benzene rings is 1. The van der Waals surface area contributed by atoms with Gasteiger partial charge in [0.2, 0.25) is 11.9 Å². The number of nitrogens with two attached hydrogens (primary N) is 1. The molecule has 1 amide bonds. The van der Waals surface area contributed by atoms with Gasteiger partial charge in [0.25, 0.3) is 0 Å². The molecule has 0 radical (unpaired) electrons. The molecule has 0 unspecified atom stereocenters. The smallest absolute Gasteiger partial charge is 0.246 e. The lowest BCUT2D eigenvalue weighted by Crippen LogP contribution is -2.35. The van der Waals surface area contributed by atoms with Gasteiger partial charge in [-0.25, -0.2) is 0 Å². The molecule has 0 aliphatic heterocycles. The molecule has 6 nitrogen and oxygen atoms in total. The highest BCUT2D eigenvalue weighted by Crippen LogP contribution is 2.24. The van der Waals surface area contributed by atoms with Crippen molar-refractivity contribution < 1.29 is 9.53 Å². The van der Waals surface area contributed by atoms with Crippen LogP contribution in [0.5, 0.6) is 5.75 Å². The number of rotatable bonds is 3. The summed E-state index contributed by atoms with van der Waals surface area (Å²) in [7, 11) is 1.50. The van der Waals surface area contributed by atoms with E-state index in [1.807, 2.05) is 0 Å². The third-order valence-corrected chi connectivity index (χ3v) is 2.39. The molecular weight excluding hydrogens is 256 g/mol. The first-order chi connectivity index (χ1) is 8.47. The predicted molar refractivity (Wildman–Crippen MR) is 70.0 cm³/mol. The zero-order valence-electron chi connectivity index (χ0n) is 9.98. The van der Waals surface area contributed by atoms with Crippen molar-refractivity contribution >= 4 is 29.7 Å². The topological polar surface area (TPSA) is 91.8 Å². The van der Waals surface area contributed by atoms with Crippen LogP contribution in [0.15, 0.2) is 23.3 Å². The van der Waals surface area contributed by atoms with Crippen molar-refractivity contribution in [3.8, 4) is 5.75 Å². The second kappa shape index (κ2) is 6.02. The molecule has 96 valence electrons. The Bertz CT molecular complexity index is 488. The van der Waals surface area contributed by atoms with Gasteiger partial charge in [-0.15, -0.1) is 0 Å². The van der Waals surface area contributed by atoms with E-state index in [9.17, 15) is 4.79 Å². The largest absolute Gasteiger partial charge is 0.496 e. The molecule has 18 heavy (non-hydrogen) atoms. The van der Waals surface area contributed by atoms with Crippen molar-refractivity contribution in [3.05, 3.63) is 28.8 Å². The van der Waals surface area contributed by atoms with Crippen LogP contribution in [-0.4, -0.2) is 30.2 Å². The fraction of sp³-hybridized carbons (Fsp3) is 0.182. The summed E-state index contributed by atoms with van der Waals surface area (Å²) in [6, 6.07) is 5.10. The minimum absolute atomic E-state index is 0.421. The third-order valence-electron chi connectivity index (χ3n) is 2.06. The average molecular weight is 269 g/mol. The molecular formula is C11H13ClN4O2.